The van der Waals surface area contributed by atoms with Crippen LogP contribution in [0.25, 0.3) is 0 Å². The van der Waals surface area contributed by atoms with Gasteiger partial charge in [0.05, 0.1) is 0 Å². The summed E-state index contributed by atoms with van der Waals surface area (Å²) in [6, 6.07) is 13.2. The summed E-state index contributed by atoms with van der Waals surface area (Å²) in [5.74, 6) is 9.04. The molecule has 2 aromatic carbocycles. The van der Waals surface area contributed by atoms with Gasteiger partial charge in [0.25, 0.3) is 0 Å². The van der Waals surface area contributed by atoms with Crippen LogP contribution in [0.4, 0.5) is 8.78 Å². The molecule has 3 atom stereocenters. The molecule has 0 heterocycles. The van der Waals surface area contributed by atoms with Gasteiger partial charge < -0.3 is 4.74 Å². The van der Waals surface area contributed by atoms with Gasteiger partial charge in [-0.15, -0.1) is 0 Å². The number of alkyl halides is 2. The van der Waals surface area contributed by atoms with E-state index in [4.69, 9.17) is 0 Å². The predicted octanol–water partition coefficient (Wildman–Crippen LogP) is 6.93. The van der Waals surface area contributed by atoms with Gasteiger partial charge in [0, 0.05) is 11.1 Å². The molecule has 0 N–H and O–H groups in total. The Hall–Kier alpha value is -2.34. The van der Waals surface area contributed by atoms with Crippen molar-refractivity contribution in [3.05, 3.63) is 64.7 Å². The number of halogens is 2. The lowest BCUT2D eigenvalue weighted by Crippen LogP contribution is -2.28. The lowest BCUT2D eigenvalue weighted by Gasteiger charge is -2.40. The summed E-state index contributed by atoms with van der Waals surface area (Å²) >= 11 is 0. The molecular weight excluding hydrogens is 366 g/mol. The van der Waals surface area contributed by atoms with E-state index in [2.05, 4.69) is 41.7 Å². The maximum absolute atomic E-state index is 12.2. The van der Waals surface area contributed by atoms with Crippen LogP contribution in [0.15, 0.2) is 42.5 Å². The van der Waals surface area contributed by atoms with Crippen LogP contribution in [0.3, 0.4) is 0 Å². The fourth-order valence-corrected chi connectivity index (χ4v) is 5.23. The van der Waals surface area contributed by atoms with Crippen LogP contribution in [0.5, 0.6) is 5.75 Å². The summed E-state index contributed by atoms with van der Waals surface area (Å²) in [6.45, 7) is -0.500. The van der Waals surface area contributed by atoms with Crippen LogP contribution >= 0.6 is 0 Å². The van der Waals surface area contributed by atoms with Crippen molar-refractivity contribution in [3.8, 4) is 17.6 Å². The molecule has 0 radical (unpaired) electrons. The van der Waals surface area contributed by atoms with Crippen molar-refractivity contribution in [1.82, 2.24) is 0 Å². The van der Waals surface area contributed by atoms with Crippen molar-refractivity contribution in [3.63, 3.8) is 0 Å². The third kappa shape index (κ3) is 4.81. The smallest absolute Gasteiger partial charge is 0.387 e. The fourth-order valence-electron chi connectivity index (χ4n) is 5.23. The minimum absolute atomic E-state index is 0.155. The molecule has 0 saturated heterocycles. The molecule has 2 aromatic rings. The van der Waals surface area contributed by atoms with Gasteiger partial charge in [-0.2, -0.15) is 8.78 Å². The summed E-state index contributed by atoms with van der Waals surface area (Å²) in [6.07, 6.45) is 9.28. The van der Waals surface area contributed by atoms with Gasteiger partial charge in [-0.05, 0) is 97.4 Å². The molecule has 4 rings (SSSR count). The monoisotopic (exact) mass is 394 g/mol. The molecule has 2 aliphatic rings. The van der Waals surface area contributed by atoms with Crippen molar-refractivity contribution < 1.29 is 13.5 Å². The van der Waals surface area contributed by atoms with Crippen LogP contribution in [-0.2, 0) is 6.42 Å². The first-order chi connectivity index (χ1) is 14.1. The lowest BCUT2D eigenvalue weighted by atomic mass is 9.64. The molecule has 1 nitrogen and oxygen atoms in total. The zero-order valence-corrected chi connectivity index (χ0v) is 17.0. The van der Waals surface area contributed by atoms with Crippen molar-refractivity contribution in [2.75, 3.05) is 0 Å². The number of aryl methyl sites for hydroxylation is 1. The molecule has 29 heavy (non-hydrogen) atoms. The number of benzene rings is 2. The van der Waals surface area contributed by atoms with Gasteiger partial charge >= 0.3 is 6.61 Å². The van der Waals surface area contributed by atoms with E-state index >= 15 is 0 Å². The van der Waals surface area contributed by atoms with Gasteiger partial charge in [-0.25, -0.2) is 0 Å². The highest BCUT2D eigenvalue weighted by atomic mass is 19.3. The summed E-state index contributed by atoms with van der Waals surface area (Å²) in [7, 11) is 0. The van der Waals surface area contributed by atoms with Crippen LogP contribution in [-0.4, -0.2) is 6.61 Å². The SMILES string of the molecule is CCCC1CCC2c3ccc(C#Cc4ccc(OC(F)F)cc4)cc3CCC2C1. The zero-order valence-electron chi connectivity index (χ0n) is 17.0. The van der Waals surface area contributed by atoms with Crippen LogP contribution in [0.2, 0.25) is 0 Å². The molecular formula is C26H28F2O. The second-order valence-electron chi connectivity index (χ2n) is 8.44. The summed E-state index contributed by atoms with van der Waals surface area (Å²) in [4.78, 5) is 0. The Kier molecular flexibility index (Phi) is 6.19. The Labute approximate surface area is 172 Å². The highest BCUT2D eigenvalue weighted by Gasteiger charge is 2.34. The largest absolute Gasteiger partial charge is 0.435 e. The molecule has 152 valence electrons. The second kappa shape index (κ2) is 8.99. The van der Waals surface area contributed by atoms with Gasteiger partial charge in [0.1, 0.15) is 5.75 Å². The Bertz CT molecular complexity index is 891. The van der Waals surface area contributed by atoms with Gasteiger partial charge in [-0.1, -0.05) is 37.7 Å². The molecule has 0 spiro atoms. The van der Waals surface area contributed by atoms with Crippen LogP contribution in [0.1, 0.15) is 73.6 Å². The fraction of sp³-hybridized carbons (Fsp3) is 0.462. The second-order valence-corrected chi connectivity index (χ2v) is 8.44. The van der Waals surface area contributed by atoms with E-state index in [1.165, 1.54) is 56.2 Å². The molecule has 0 aliphatic heterocycles. The lowest BCUT2D eigenvalue weighted by molar-refractivity contribution is -0.0498. The predicted molar refractivity (Wildman–Crippen MR) is 112 cm³/mol. The van der Waals surface area contributed by atoms with Crippen molar-refractivity contribution >= 4 is 0 Å². The molecule has 0 aromatic heterocycles. The van der Waals surface area contributed by atoms with Crippen molar-refractivity contribution in [2.45, 2.75) is 64.4 Å². The van der Waals surface area contributed by atoms with E-state index in [-0.39, 0.29) is 5.75 Å². The minimum atomic E-state index is -2.80. The third-order valence-corrected chi connectivity index (χ3v) is 6.55. The molecule has 2 aliphatic carbocycles. The van der Waals surface area contributed by atoms with Crippen molar-refractivity contribution in [1.29, 1.82) is 0 Å². The average Bonchev–Trinajstić information content (AvgIpc) is 2.72. The minimum Gasteiger partial charge on any atom is -0.435 e. The first-order valence-electron chi connectivity index (χ1n) is 10.8. The molecule has 3 heteroatoms. The number of rotatable bonds is 4. The molecule has 3 unspecified atom stereocenters. The number of fused-ring (bicyclic) bond motifs is 3. The van der Waals surface area contributed by atoms with Crippen molar-refractivity contribution in [2.24, 2.45) is 11.8 Å². The third-order valence-electron chi connectivity index (χ3n) is 6.55. The molecule has 0 amide bonds. The number of hydrogen-bond acceptors (Lipinski definition) is 1. The maximum Gasteiger partial charge on any atom is 0.387 e. The summed E-state index contributed by atoms with van der Waals surface area (Å²) in [5.41, 5.74) is 4.83. The average molecular weight is 395 g/mol. The van der Waals surface area contributed by atoms with E-state index in [0.717, 1.165) is 35.3 Å². The van der Waals surface area contributed by atoms with E-state index in [0.29, 0.717) is 0 Å². The standard InChI is InChI=1S/C26H28F2O/c1-2-3-19-8-14-24-21(16-19)10-11-22-17-20(9-15-25(22)24)5-4-18-6-12-23(13-7-18)29-26(27)28/h6-7,9,12-13,15,17,19,21,24,26H,2-3,8,10-11,14,16H2,1H3. The number of ether oxygens (including phenoxy) is 1. The highest BCUT2D eigenvalue weighted by molar-refractivity contribution is 5.48. The van der Waals surface area contributed by atoms with Crippen LogP contribution in [0, 0.1) is 23.7 Å². The molecule has 1 fully saturated rings. The molecule has 0 bridgehead atoms. The normalized spacial score (nSPS) is 23.0. The Morgan fingerprint density at radius 2 is 1.76 bits per heavy atom. The maximum atomic E-state index is 12.2. The molecule has 1 saturated carbocycles. The van der Waals surface area contributed by atoms with Gasteiger partial charge in [0.15, 0.2) is 0 Å². The zero-order chi connectivity index (χ0) is 20.2. The van der Waals surface area contributed by atoms with Gasteiger partial charge in [-0.3, -0.25) is 0 Å². The van der Waals surface area contributed by atoms with E-state index in [1.807, 2.05) is 0 Å². The first-order valence-corrected chi connectivity index (χ1v) is 10.8. The van der Waals surface area contributed by atoms with E-state index in [1.54, 1.807) is 17.7 Å². The summed E-state index contributed by atoms with van der Waals surface area (Å²) < 4.78 is 28.8. The quantitative estimate of drug-likeness (QED) is 0.511. The van der Waals surface area contributed by atoms with Crippen LogP contribution < -0.4 is 4.74 Å². The Morgan fingerprint density at radius 1 is 1.00 bits per heavy atom. The highest BCUT2D eigenvalue weighted by Crippen LogP contribution is 2.47. The topological polar surface area (TPSA) is 9.23 Å². The Morgan fingerprint density at radius 3 is 2.52 bits per heavy atom. The summed E-state index contributed by atoms with van der Waals surface area (Å²) in [5, 5.41) is 0. The first kappa shape index (κ1) is 20.0. The number of hydrogen-bond donors (Lipinski definition) is 0. The van der Waals surface area contributed by atoms with E-state index in [9.17, 15) is 8.78 Å². The van der Waals surface area contributed by atoms with Gasteiger partial charge in [0.2, 0.25) is 0 Å². The Balaban J connectivity index is 1.46. The van der Waals surface area contributed by atoms with E-state index < -0.39 is 6.61 Å².